The van der Waals surface area contributed by atoms with E-state index >= 15 is 0 Å². The Labute approximate surface area is 255 Å². The zero-order chi connectivity index (χ0) is 28.8. The fraction of sp³-hybridized carbons (Fsp3) is 0.0952. The van der Waals surface area contributed by atoms with E-state index in [-0.39, 0.29) is 0 Å². The van der Waals surface area contributed by atoms with E-state index in [2.05, 4.69) is 149 Å². The summed E-state index contributed by atoms with van der Waals surface area (Å²) in [6.45, 7) is 0. The maximum absolute atomic E-state index is 2.64. The van der Waals surface area contributed by atoms with Crippen LogP contribution in [-0.2, 0) is 6.42 Å². The summed E-state index contributed by atoms with van der Waals surface area (Å²) in [5.41, 5.74) is 7.92. The summed E-state index contributed by atoms with van der Waals surface area (Å²) in [5, 5.41) is 12.0. The molecule has 8 aromatic rings. The number of fused-ring (bicyclic) bond motifs is 13. The van der Waals surface area contributed by atoms with Crippen molar-refractivity contribution in [3.8, 4) is 5.69 Å². The molecule has 0 saturated heterocycles. The Kier molecular flexibility index (Phi) is 4.98. The van der Waals surface area contributed by atoms with E-state index in [4.69, 9.17) is 0 Å². The zero-order valence-corrected chi connectivity index (χ0v) is 24.4. The highest BCUT2D eigenvalue weighted by Gasteiger charge is 2.25. The molecule has 2 heteroatoms. The molecule has 0 N–H and O–H groups in total. The van der Waals surface area contributed by atoms with Gasteiger partial charge < -0.3 is 9.13 Å². The molecule has 0 bridgehead atoms. The van der Waals surface area contributed by atoms with Crippen LogP contribution in [0.25, 0.3) is 76.8 Å². The summed E-state index contributed by atoms with van der Waals surface area (Å²) in [4.78, 5) is 0. The fourth-order valence-electron chi connectivity index (χ4n) is 8.23. The first-order valence-corrected chi connectivity index (χ1v) is 15.8. The lowest BCUT2D eigenvalue weighted by Crippen LogP contribution is -2.11. The van der Waals surface area contributed by atoms with E-state index in [0.717, 1.165) is 19.3 Å². The molecule has 6 aromatic carbocycles. The first-order chi connectivity index (χ1) is 21.9. The number of nitrogens with zero attached hydrogens (tertiary/aromatic N) is 2. The number of allylic oxidation sites excluding steroid dienone is 5. The quantitative estimate of drug-likeness (QED) is 0.185. The molecule has 2 aliphatic carbocycles. The van der Waals surface area contributed by atoms with Crippen molar-refractivity contribution in [1.29, 1.82) is 0 Å². The lowest BCUT2D eigenvalue weighted by molar-refractivity contribution is 0.599. The first-order valence-electron chi connectivity index (χ1n) is 15.8. The van der Waals surface area contributed by atoms with E-state index in [1.54, 1.807) is 0 Å². The monoisotopic (exact) mass is 562 g/mol. The molecule has 10 rings (SSSR count). The Bertz CT molecular complexity index is 2570. The molecule has 2 heterocycles. The van der Waals surface area contributed by atoms with Crippen molar-refractivity contribution in [1.82, 2.24) is 9.13 Å². The van der Waals surface area contributed by atoms with Gasteiger partial charge in [-0.05, 0) is 82.6 Å². The van der Waals surface area contributed by atoms with Crippen LogP contribution in [0.2, 0.25) is 0 Å². The standard InChI is InChI=1S/C42H30N2/c1-3-13-27(14-4-1)43-38-22-12-10-20-33(38)42-39(43)24-23-32-34-25-36-30-18-9-11-21-37(30)44(28-15-5-2-6-16-28)40(36)26-35(34)29-17-7-8-19-31(29)41(32)42/h1-11,13,15-21,23-27H,12,14,22H2. The maximum Gasteiger partial charge on any atom is 0.0557 e. The zero-order valence-electron chi connectivity index (χ0n) is 24.4. The van der Waals surface area contributed by atoms with Crippen molar-refractivity contribution in [3.63, 3.8) is 0 Å². The SMILES string of the molecule is C1=CCC(n2c3c(c4c5c6ccccc6c6cc7c(cc6c5ccc42)c2ccccc2n7-c2ccccc2)C=CCC3)C=C1. The van der Waals surface area contributed by atoms with Gasteiger partial charge in [-0.15, -0.1) is 0 Å². The lowest BCUT2D eigenvalue weighted by atomic mass is 9.90. The summed E-state index contributed by atoms with van der Waals surface area (Å²) in [6.07, 6.45) is 17.1. The normalized spacial score (nSPS) is 16.3. The summed E-state index contributed by atoms with van der Waals surface area (Å²) in [7, 11) is 0. The minimum Gasteiger partial charge on any atom is -0.337 e. The molecule has 1 atom stereocenters. The Hall–Kier alpha value is -5.34. The smallest absolute Gasteiger partial charge is 0.0557 e. The van der Waals surface area contributed by atoms with Gasteiger partial charge in [0.15, 0.2) is 0 Å². The van der Waals surface area contributed by atoms with Gasteiger partial charge in [-0.3, -0.25) is 0 Å². The minimum atomic E-state index is 0.352. The molecule has 0 fully saturated rings. The van der Waals surface area contributed by atoms with E-state index in [0.29, 0.717) is 6.04 Å². The van der Waals surface area contributed by atoms with E-state index < -0.39 is 0 Å². The van der Waals surface area contributed by atoms with Gasteiger partial charge >= 0.3 is 0 Å². The van der Waals surface area contributed by atoms with Gasteiger partial charge in [0, 0.05) is 38.5 Å². The third kappa shape index (κ3) is 3.20. The molecule has 0 saturated carbocycles. The van der Waals surface area contributed by atoms with Crippen molar-refractivity contribution in [2.75, 3.05) is 0 Å². The summed E-state index contributed by atoms with van der Waals surface area (Å²) in [5.74, 6) is 0. The number of aromatic nitrogens is 2. The molecule has 0 amide bonds. The first kappa shape index (κ1) is 24.1. The molecule has 208 valence electrons. The predicted octanol–water partition coefficient (Wildman–Crippen LogP) is 11.2. The molecule has 0 spiro atoms. The number of hydrogen-bond donors (Lipinski definition) is 0. The van der Waals surface area contributed by atoms with Crippen molar-refractivity contribution >= 4 is 71.1 Å². The molecule has 1 unspecified atom stereocenters. The molecule has 2 aromatic heterocycles. The van der Waals surface area contributed by atoms with Crippen LogP contribution in [0.5, 0.6) is 0 Å². The molecular formula is C42H30N2. The summed E-state index contributed by atoms with van der Waals surface area (Å²) >= 11 is 0. The largest absolute Gasteiger partial charge is 0.337 e. The molecule has 0 radical (unpaired) electrons. The summed E-state index contributed by atoms with van der Waals surface area (Å²) in [6, 6.07) is 38.8. The average Bonchev–Trinajstić information content (AvgIpc) is 3.61. The van der Waals surface area contributed by atoms with Crippen LogP contribution in [0, 0.1) is 0 Å². The van der Waals surface area contributed by atoms with Crippen molar-refractivity contribution < 1.29 is 0 Å². The molecular weight excluding hydrogens is 532 g/mol. The molecule has 2 aliphatic rings. The van der Waals surface area contributed by atoms with Crippen LogP contribution < -0.4 is 0 Å². The average molecular weight is 563 g/mol. The second kappa shape index (κ2) is 9.08. The van der Waals surface area contributed by atoms with Gasteiger partial charge in [0.05, 0.1) is 22.6 Å². The van der Waals surface area contributed by atoms with Gasteiger partial charge in [-0.25, -0.2) is 0 Å². The van der Waals surface area contributed by atoms with Crippen LogP contribution in [0.3, 0.4) is 0 Å². The molecule has 44 heavy (non-hydrogen) atoms. The minimum absolute atomic E-state index is 0.352. The Morgan fingerprint density at radius 2 is 1.32 bits per heavy atom. The van der Waals surface area contributed by atoms with Gasteiger partial charge in [0.25, 0.3) is 0 Å². The molecule has 0 aliphatic heterocycles. The highest BCUT2D eigenvalue weighted by atomic mass is 15.0. The topological polar surface area (TPSA) is 9.86 Å². The number of benzene rings is 6. The van der Waals surface area contributed by atoms with Crippen molar-refractivity contribution in [3.05, 3.63) is 145 Å². The van der Waals surface area contributed by atoms with Crippen LogP contribution in [-0.4, -0.2) is 9.13 Å². The second-order valence-corrected chi connectivity index (χ2v) is 12.3. The Morgan fingerprint density at radius 1 is 0.545 bits per heavy atom. The second-order valence-electron chi connectivity index (χ2n) is 12.3. The van der Waals surface area contributed by atoms with Crippen LogP contribution in [0.1, 0.15) is 30.1 Å². The number of rotatable bonds is 2. The van der Waals surface area contributed by atoms with Crippen molar-refractivity contribution in [2.45, 2.75) is 25.3 Å². The van der Waals surface area contributed by atoms with E-state index in [1.807, 2.05) is 0 Å². The Morgan fingerprint density at radius 3 is 2.18 bits per heavy atom. The van der Waals surface area contributed by atoms with Crippen LogP contribution >= 0.6 is 0 Å². The highest BCUT2D eigenvalue weighted by Crippen LogP contribution is 2.46. The van der Waals surface area contributed by atoms with Gasteiger partial charge in [0.1, 0.15) is 0 Å². The maximum atomic E-state index is 2.64. The summed E-state index contributed by atoms with van der Waals surface area (Å²) < 4.78 is 5.07. The third-order valence-corrected chi connectivity index (χ3v) is 10.0. The van der Waals surface area contributed by atoms with Gasteiger partial charge in [-0.1, -0.05) is 103 Å². The van der Waals surface area contributed by atoms with Crippen LogP contribution in [0.15, 0.2) is 134 Å². The number of hydrogen-bond acceptors (Lipinski definition) is 0. The number of para-hydroxylation sites is 2. The van der Waals surface area contributed by atoms with E-state index in [1.165, 1.54) is 82.0 Å². The highest BCUT2D eigenvalue weighted by molar-refractivity contribution is 6.34. The van der Waals surface area contributed by atoms with Crippen LogP contribution in [0.4, 0.5) is 0 Å². The van der Waals surface area contributed by atoms with Gasteiger partial charge in [0.2, 0.25) is 0 Å². The van der Waals surface area contributed by atoms with E-state index in [9.17, 15) is 0 Å². The lowest BCUT2D eigenvalue weighted by Gasteiger charge is -2.21. The predicted molar refractivity (Wildman–Crippen MR) is 188 cm³/mol. The molecule has 2 nitrogen and oxygen atoms in total. The fourth-order valence-corrected chi connectivity index (χ4v) is 8.23. The Balaban J connectivity index is 1.40. The van der Waals surface area contributed by atoms with Crippen molar-refractivity contribution in [2.24, 2.45) is 0 Å². The van der Waals surface area contributed by atoms with Gasteiger partial charge in [-0.2, -0.15) is 0 Å². The third-order valence-electron chi connectivity index (χ3n) is 10.0.